The number of nitrogens with zero attached hydrogens (tertiary/aromatic N) is 1. The maximum Gasteiger partial charge on any atom is 0.184 e. The van der Waals surface area contributed by atoms with Crippen LogP contribution in [0.25, 0.3) is 11.8 Å². The molecule has 5 nitrogen and oxygen atoms in total. The minimum atomic E-state index is -0.288. The molecule has 0 aliphatic rings. The molecular formula is C33H47N3O2. The second-order valence-corrected chi connectivity index (χ2v) is 10.4. The van der Waals surface area contributed by atoms with Gasteiger partial charge in [0.15, 0.2) is 5.78 Å². The Balaban J connectivity index is 2.37. The molecule has 1 atom stereocenters. The van der Waals surface area contributed by atoms with E-state index in [9.17, 15) is 9.90 Å². The largest absolute Gasteiger partial charge is 0.396 e. The minimum Gasteiger partial charge on any atom is -0.396 e. The summed E-state index contributed by atoms with van der Waals surface area (Å²) >= 11 is 0. The molecule has 1 unspecified atom stereocenters. The SMILES string of the molecule is CC/C(C)=c1/ccnc(C(=O)C(C)CCO)/c1=C/NC/C(=C/C(C)=C\NC)CCc1ccc(C(C)C)cc1. The molecule has 1 aromatic heterocycles. The standard InChI is InChI=1S/C33H47N3O2/c1-8-25(5)30-15-17-36-32(33(38)26(6)16-18-37)31(30)22-35-21-28(19-24(4)20-34-7)10-9-27-11-13-29(14-12-27)23(2)3/h11-15,17,19-20,22-23,26,34-35,37H,8-10,16,18,21H2,1-7H3/b24-20-,28-19+,30-25-,31-22+. The maximum absolute atomic E-state index is 13.2. The molecule has 0 fully saturated rings. The van der Waals surface area contributed by atoms with Crippen molar-refractivity contribution in [3.05, 3.63) is 87.2 Å². The van der Waals surface area contributed by atoms with Crippen molar-refractivity contribution in [1.29, 1.82) is 0 Å². The van der Waals surface area contributed by atoms with Crippen molar-refractivity contribution in [2.24, 2.45) is 5.92 Å². The van der Waals surface area contributed by atoms with Gasteiger partial charge in [-0.3, -0.25) is 9.78 Å². The van der Waals surface area contributed by atoms with E-state index in [1.54, 1.807) is 6.20 Å². The van der Waals surface area contributed by atoms with Crippen molar-refractivity contribution in [3.63, 3.8) is 0 Å². The Kier molecular flexibility index (Phi) is 13.0. The summed E-state index contributed by atoms with van der Waals surface area (Å²) in [6.45, 7) is 13.2. The minimum absolute atomic E-state index is 0.0160. The third-order valence-corrected chi connectivity index (χ3v) is 6.98. The molecule has 0 amide bonds. The first-order valence-corrected chi connectivity index (χ1v) is 13.9. The summed E-state index contributed by atoms with van der Waals surface area (Å²) in [5, 5.41) is 17.8. The van der Waals surface area contributed by atoms with Gasteiger partial charge in [0.2, 0.25) is 0 Å². The molecule has 0 aliphatic heterocycles. The van der Waals surface area contributed by atoms with Gasteiger partial charge >= 0.3 is 0 Å². The van der Waals surface area contributed by atoms with Crippen molar-refractivity contribution in [3.8, 4) is 0 Å². The van der Waals surface area contributed by atoms with Crippen molar-refractivity contribution in [1.82, 2.24) is 15.6 Å². The highest BCUT2D eigenvalue weighted by molar-refractivity contribution is 5.96. The molecule has 0 bridgehead atoms. The van der Waals surface area contributed by atoms with E-state index >= 15 is 0 Å². The van der Waals surface area contributed by atoms with Crippen molar-refractivity contribution in [2.45, 2.75) is 73.1 Å². The van der Waals surface area contributed by atoms with Gasteiger partial charge in [-0.1, -0.05) is 69.2 Å². The lowest BCUT2D eigenvalue weighted by Crippen LogP contribution is -2.37. The first-order valence-electron chi connectivity index (χ1n) is 13.9. The monoisotopic (exact) mass is 517 g/mol. The van der Waals surface area contributed by atoms with Crippen LogP contribution in [0.1, 0.15) is 88.3 Å². The van der Waals surface area contributed by atoms with E-state index in [-0.39, 0.29) is 18.3 Å². The first-order chi connectivity index (χ1) is 18.2. The lowest BCUT2D eigenvalue weighted by Gasteiger charge is -2.12. The maximum atomic E-state index is 13.2. The first kappa shape index (κ1) is 31.0. The predicted octanol–water partition coefficient (Wildman–Crippen LogP) is 5.00. The molecule has 0 aliphatic carbocycles. The van der Waals surface area contributed by atoms with E-state index in [4.69, 9.17) is 0 Å². The smallest absolute Gasteiger partial charge is 0.184 e. The number of benzene rings is 1. The summed E-state index contributed by atoms with van der Waals surface area (Å²) in [7, 11) is 1.91. The number of hydrogen-bond acceptors (Lipinski definition) is 5. The van der Waals surface area contributed by atoms with Gasteiger partial charge in [0, 0.05) is 43.7 Å². The Morgan fingerprint density at radius 2 is 1.82 bits per heavy atom. The summed E-state index contributed by atoms with van der Waals surface area (Å²) < 4.78 is 0. The van der Waals surface area contributed by atoms with Gasteiger partial charge in [-0.05, 0) is 79.6 Å². The van der Waals surface area contributed by atoms with Crippen LogP contribution < -0.4 is 21.1 Å². The second kappa shape index (κ2) is 15.9. The van der Waals surface area contributed by atoms with Crippen LogP contribution in [0.3, 0.4) is 0 Å². The number of nitrogens with one attached hydrogen (secondary N) is 2. The van der Waals surface area contributed by atoms with E-state index in [0.29, 0.717) is 24.6 Å². The molecule has 1 aromatic carbocycles. The van der Waals surface area contributed by atoms with E-state index in [1.807, 2.05) is 32.4 Å². The van der Waals surface area contributed by atoms with Crippen molar-refractivity contribution < 1.29 is 9.90 Å². The van der Waals surface area contributed by atoms with Crippen LogP contribution in [-0.4, -0.2) is 36.1 Å². The van der Waals surface area contributed by atoms with Gasteiger partial charge < -0.3 is 15.7 Å². The van der Waals surface area contributed by atoms with Crippen molar-refractivity contribution in [2.75, 3.05) is 20.2 Å². The molecule has 1 heterocycles. The number of ketones is 1. The summed E-state index contributed by atoms with van der Waals surface area (Å²) in [5.41, 5.74) is 6.79. The normalized spacial score (nSPS) is 14.5. The van der Waals surface area contributed by atoms with Gasteiger partial charge in [-0.2, -0.15) is 0 Å². The number of carbonyl (C=O) groups is 1. The summed E-state index contributed by atoms with van der Waals surface area (Å²) in [4.78, 5) is 17.7. The fourth-order valence-corrected chi connectivity index (χ4v) is 4.40. The molecule has 38 heavy (non-hydrogen) atoms. The van der Waals surface area contributed by atoms with Gasteiger partial charge in [-0.15, -0.1) is 0 Å². The van der Waals surface area contributed by atoms with Crippen LogP contribution in [0.4, 0.5) is 0 Å². The third-order valence-electron chi connectivity index (χ3n) is 6.98. The van der Waals surface area contributed by atoms with E-state index in [0.717, 1.165) is 35.3 Å². The predicted molar refractivity (Wildman–Crippen MR) is 160 cm³/mol. The van der Waals surface area contributed by atoms with Crippen LogP contribution in [0, 0.1) is 5.92 Å². The lowest BCUT2D eigenvalue weighted by molar-refractivity contribution is 0.0901. The molecule has 0 radical (unpaired) electrons. The molecular weight excluding hydrogens is 470 g/mol. The molecule has 2 rings (SSSR count). The number of rotatable bonds is 14. The van der Waals surface area contributed by atoms with E-state index < -0.39 is 0 Å². The Morgan fingerprint density at radius 3 is 2.42 bits per heavy atom. The number of pyridine rings is 1. The highest BCUT2D eigenvalue weighted by Crippen LogP contribution is 2.17. The van der Waals surface area contributed by atoms with E-state index in [1.165, 1.54) is 22.3 Å². The second-order valence-electron chi connectivity index (χ2n) is 10.4. The summed E-state index contributed by atoms with van der Waals surface area (Å²) in [6.07, 6.45) is 11.1. The van der Waals surface area contributed by atoms with Crippen LogP contribution in [0.15, 0.2) is 60.0 Å². The molecule has 3 N–H and O–H groups in total. The van der Waals surface area contributed by atoms with Gasteiger partial charge in [0.1, 0.15) is 5.69 Å². The zero-order valence-electron chi connectivity index (χ0n) is 24.4. The highest BCUT2D eigenvalue weighted by atomic mass is 16.3. The quantitative estimate of drug-likeness (QED) is 0.243. The van der Waals surface area contributed by atoms with Gasteiger partial charge in [0.05, 0.1) is 0 Å². The summed E-state index contributed by atoms with van der Waals surface area (Å²) in [6, 6.07) is 10.9. The highest BCUT2D eigenvalue weighted by Gasteiger charge is 2.18. The number of aliphatic hydroxyl groups is 1. The van der Waals surface area contributed by atoms with Crippen LogP contribution in [0.5, 0.6) is 0 Å². The summed E-state index contributed by atoms with van der Waals surface area (Å²) in [5.74, 6) is 0.206. The average molecular weight is 518 g/mol. The number of hydrogen-bond donors (Lipinski definition) is 3. The Bertz CT molecular complexity index is 1220. The molecule has 5 heteroatoms. The Morgan fingerprint density at radius 1 is 1.11 bits per heavy atom. The van der Waals surface area contributed by atoms with Crippen LogP contribution in [0.2, 0.25) is 0 Å². The molecule has 206 valence electrons. The Hall–Kier alpha value is -3.18. The number of carbonyl (C=O) groups excluding carboxylic acids is 1. The fourth-order valence-electron chi connectivity index (χ4n) is 4.40. The molecule has 0 spiro atoms. The molecule has 2 aromatic rings. The van der Waals surface area contributed by atoms with Crippen molar-refractivity contribution >= 4 is 17.6 Å². The average Bonchev–Trinajstić information content (AvgIpc) is 2.91. The number of allylic oxidation sites excluding steroid dienone is 2. The third kappa shape index (κ3) is 9.29. The number of aromatic nitrogens is 1. The van der Waals surface area contributed by atoms with Crippen LogP contribution in [-0.2, 0) is 6.42 Å². The molecule has 0 saturated heterocycles. The zero-order valence-corrected chi connectivity index (χ0v) is 24.4. The lowest BCUT2D eigenvalue weighted by atomic mass is 9.97. The van der Waals surface area contributed by atoms with Crippen LogP contribution >= 0.6 is 0 Å². The van der Waals surface area contributed by atoms with E-state index in [2.05, 4.69) is 80.6 Å². The topological polar surface area (TPSA) is 74.2 Å². The van der Waals surface area contributed by atoms with Gasteiger partial charge in [0.25, 0.3) is 0 Å². The van der Waals surface area contributed by atoms with Gasteiger partial charge in [-0.25, -0.2) is 0 Å². The Labute approximate surface area is 229 Å². The number of aliphatic hydroxyl groups excluding tert-OH is 1. The number of aryl methyl sites for hydroxylation is 1. The number of Topliss-reactive ketones (excluding diaryl/α,β-unsaturated/α-hetero) is 1. The zero-order chi connectivity index (χ0) is 28.1. The molecule has 0 saturated carbocycles. The fraction of sp³-hybridized carbons (Fsp3) is 0.455.